The summed E-state index contributed by atoms with van der Waals surface area (Å²) in [5.74, 6) is -0.306. The van der Waals surface area contributed by atoms with E-state index in [0.717, 1.165) is 6.42 Å². The lowest BCUT2D eigenvalue weighted by Crippen LogP contribution is -2.35. The number of hydrogen-bond donors (Lipinski definition) is 2. The van der Waals surface area contributed by atoms with Gasteiger partial charge in [0, 0.05) is 6.61 Å². The van der Waals surface area contributed by atoms with Crippen LogP contribution in [0.25, 0.3) is 0 Å². The van der Waals surface area contributed by atoms with E-state index in [0.29, 0.717) is 18.4 Å². The SMILES string of the molecule is CC(C)(C)C(C)(C)O.CC(C)(C)CCO.COC(=O)C(C)(C)C.COC(=O)CC(C)(C)C. The molecular formula is C26H56O6. The third-order valence-corrected chi connectivity index (χ3v) is 4.40. The third kappa shape index (κ3) is 31.0. The van der Waals surface area contributed by atoms with Gasteiger partial charge in [-0.1, -0.05) is 62.3 Å². The number of hydrogen-bond acceptors (Lipinski definition) is 6. The van der Waals surface area contributed by atoms with Crippen molar-refractivity contribution in [2.75, 3.05) is 20.8 Å². The molecule has 0 aliphatic heterocycles. The Morgan fingerprint density at radius 3 is 1.06 bits per heavy atom. The van der Waals surface area contributed by atoms with Crippen LogP contribution in [-0.4, -0.2) is 48.6 Å². The number of methoxy groups -OCH3 is 2. The first-order chi connectivity index (χ1) is 13.7. The highest BCUT2D eigenvalue weighted by molar-refractivity contribution is 5.75. The van der Waals surface area contributed by atoms with Crippen LogP contribution in [-0.2, 0) is 19.1 Å². The van der Waals surface area contributed by atoms with Crippen molar-refractivity contribution in [3.63, 3.8) is 0 Å². The van der Waals surface area contributed by atoms with Crippen LogP contribution >= 0.6 is 0 Å². The van der Waals surface area contributed by atoms with Gasteiger partial charge in [-0.2, -0.15) is 0 Å². The molecule has 6 heteroatoms. The van der Waals surface area contributed by atoms with E-state index < -0.39 is 5.60 Å². The summed E-state index contributed by atoms with van der Waals surface area (Å²) in [7, 11) is 2.81. The molecule has 0 aliphatic rings. The van der Waals surface area contributed by atoms with Gasteiger partial charge in [-0.15, -0.1) is 0 Å². The average molecular weight is 465 g/mol. The molecule has 2 N–H and O–H groups in total. The van der Waals surface area contributed by atoms with Gasteiger partial charge in [0.15, 0.2) is 0 Å². The summed E-state index contributed by atoms with van der Waals surface area (Å²) in [6.07, 6.45) is 1.39. The Morgan fingerprint density at radius 1 is 0.688 bits per heavy atom. The Bertz CT molecular complexity index is 477. The van der Waals surface area contributed by atoms with Crippen molar-refractivity contribution in [2.24, 2.45) is 21.7 Å². The second-order valence-corrected chi connectivity index (χ2v) is 12.9. The molecule has 0 saturated carbocycles. The summed E-state index contributed by atoms with van der Waals surface area (Å²) in [4.78, 5) is 21.2. The Morgan fingerprint density at radius 2 is 1.03 bits per heavy atom. The summed E-state index contributed by atoms with van der Waals surface area (Å²) in [5.41, 5.74) is -0.573. The molecule has 0 atom stereocenters. The third-order valence-electron chi connectivity index (χ3n) is 4.40. The number of aliphatic hydroxyl groups excluding tert-OH is 1. The first-order valence-electron chi connectivity index (χ1n) is 11.2. The maximum atomic E-state index is 10.6. The first kappa shape index (κ1) is 38.1. The molecule has 0 fully saturated rings. The zero-order valence-corrected chi connectivity index (χ0v) is 24.1. The van der Waals surface area contributed by atoms with E-state index in [2.05, 4.69) is 30.2 Å². The van der Waals surface area contributed by atoms with Gasteiger partial charge in [-0.25, -0.2) is 0 Å². The van der Waals surface area contributed by atoms with Gasteiger partial charge in [-0.3, -0.25) is 9.59 Å². The summed E-state index contributed by atoms with van der Waals surface area (Å²) in [6.45, 7) is 27.8. The number of rotatable bonds is 2. The molecular weight excluding hydrogens is 408 g/mol. The maximum Gasteiger partial charge on any atom is 0.310 e. The summed E-state index contributed by atoms with van der Waals surface area (Å²) < 4.78 is 8.96. The molecule has 6 nitrogen and oxygen atoms in total. The quantitative estimate of drug-likeness (QED) is 0.485. The van der Waals surface area contributed by atoms with Crippen molar-refractivity contribution in [2.45, 2.75) is 115 Å². The van der Waals surface area contributed by atoms with Gasteiger partial charge in [0.05, 0.1) is 31.7 Å². The van der Waals surface area contributed by atoms with E-state index in [1.54, 1.807) is 0 Å². The molecule has 0 radical (unpaired) electrons. The topological polar surface area (TPSA) is 93.1 Å². The van der Waals surface area contributed by atoms with Crippen LogP contribution in [0.1, 0.15) is 110 Å². The zero-order valence-electron chi connectivity index (χ0n) is 24.1. The van der Waals surface area contributed by atoms with E-state index >= 15 is 0 Å². The minimum atomic E-state index is -0.562. The van der Waals surface area contributed by atoms with Gasteiger partial charge in [-0.05, 0) is 57.3 Å². The molecule has 0 aromatic rings. The van der Waals surface area contributed by atoms with Crippen molar-refractivity contribution in [3.05, 3.63) is 0 Å². The van der Waals surface area contributed by atoms with Crippen LogP contribution in [0.5, 0.6) is 0 Å². The molecule has 0 bridgehead atoms. The fourth-order valence-corrected chi connectivity index (χ4v) is 1.15. The Hall–Kier alpha value is -1.14. The lowest BCUT2D eigenvalue weighted by atomic mass is 9.79. The lowest BCUT2D eigenvalue weighted by Gasteiger charge is -2.33. The summed E-state index contributed by atoms with van der Waals surface area (Å²) in [6, 6.07) is 0. The lowest BCUT2D eigenvalue weighted by molar-refractivity contribution is -0.149. The minimum Gasteiger partial charge on any atom is -0.469 e. The Kier molecular flexibility index (Phi) is 18.7. The van der Waals surface area contributed by atoms with Crippen LogP contribution < -0.4 is 0 Å². The van der Waals surface area contributed by atoms with E-state index in [-0.39, 0.29) is 28.2 Å². The van der Waals surface area contributed by atoms with Crippen molar-refractivity contribution >= 4 is 11.9 Å². The largest absolute Gasteiger partial charge is 0.469 e. The Labute approximate surface area is 199 Å². The molecule has 0 spiro atoms. The van der Waals surface area contributed by atoms with E-state index in [1.165, 1.54) is 14.2 Å². The molecule has 0 saturated heterocycles. The second kappa shape index (κ2) is 15.7. The van der Waals surface area contributed by atoms with E-state index in [4.69, 9.17) is 5.11 Å². The normalized spacial score (nSPS) is 12.1. The molecule has 0 aliphatic carbocycles. The van der Waals surface area contributed by atoms with Gasteiger partial charge >= 0.3 is 11.9 Å². The van der Waals surface area contributed by atoms with Crippen LogP contribution in [0.2, 0.25) is 0 Å². The molecule has 0 amide bonds. The summed E-state index contributed by atoms with van der Waals surface area (Å²) >= 11 is 0. The predicted molar refractivity (Wildman–Crippen MR) is 134 cm³/mol. The van der Waals surface area contributed by atoms with Crippen molar-refractivity contribution in [3.8, 4) is 0 Å². The molecule has 196 valence electrons. The summed E-state index contributed by atoms with van der Waals surface area (Å²) in [5, 5.41) is 17.8. The van der Waals surface area contributed by atoms with Crippen molar-refractivity contribution in [1.82, 2.24) is 0 Å². The molecule has 0 aromatic heterocycles. The van der Waals surface area contributed by atoms with Crippen LogP contribution in [0, 0.1) is 21.7 Å². The van der Waals surface area contributed by atoms with Crippen molar-refractivity contribution in [1.29, 1.82) is 0 Å². The van der Waals surface area contributed by atoms with Gasteiger partial charge in [0.2, 0.25) is 0 Å². The molecule has 0 unspecified atom stereocenters. The molecule has 0 aromatic carbocycles. The van der Waals surface area contributed by atoms with Crippen LogP contribution in [0.4, 0.5) is 0 Å². The smallest absolute Gasteiger partial charge is 0.310 e. The number of ether oxygens (including phenoxy) is 2. The fraction of sp³-hybridized carbons (Fsp3) is 0.923. The highest BCUT2D eigenvalue weighted by Gasteiger charge is 2.29. The van der Waals surface area contributed by atoms with Crippen molar-refractivity contribution < 1.29 is 29.3 Å². The predicted octanol–water partition coefficient (Wildman–Crippen LogP) is 6.02. The monoisotopic (exact) mass is 464 g/mol. The first-order valence-corrected chi connectivity index (χ1v) is 11.2. The van der Waals surface area contributed by atoms with Crippen LogP contribution in [0.15, 0.2) is 0 Å². The minimum absolute atomic E-state index is 0.00694. The van der Waals surface area contributed by atoms with Gasteiger partial charge < -0.3 is 19.7 Å². The Balaban J connectivity index is -0.000000164. The van der Waals surface area contributed by atoms with E-state index in [9.17, 15) is 14.7 Å². The van der Waals surface area contributed by atoms with E-state index in [1.807, 2.05) is 76.2 Å². The second-order valence-electron chi connectivity index (χ2n) is 12.9. The standard InChI is InChI=1S/C7H14O2.C7H16O.C6H12O2.C6H14O/c1-7(2,3)5-6(8)9-4;1-6(2,3)7(4,5)8;1-6(2,3)5(7)8-4;1-6(2,3)4-5-7/h5H2,1-4H3;8H,1-5H3;1-4H3;7H,4-5H2,1-3H3. The number of carbonyl (C=O) groups excluding carboxylic acids is 2. The van der Waals surface area contributed by atoms with Crippen LogP contribution in [0.3, 0.4) is 0 Å². The van der Waals surface area contributed by atoms with Gasteiger partial charge in [0.25, 0.3) is 0 Å². The van der Waals surface area contributed by atoms with Gasteiger partial charge in [0.1, 0.15) is 0 Å². The number of carbonyl (C=O) groups is 2. The maximum absolute atomic E-state index is 10.6. The number of aliphatic hydroxyl groups is 2. The fourth-order valence-electron chi connectivity index (χ4n) is 1.15. The highest BCUT2D eigenvalue weighted by atomic mass is 16.5. The highest BCUT2D eigenvalue weighted by Crippen LogP contribution is 2.28. The molecule has 0 rings (SSSR count). The molecule has 32 heavy (non-hydrogen) atoms. The number of esters is 2. The average Bonchev–Trinajstić information content (AvgIpc) is 2.50. The molecule has 0 heterocycles. The zero-order chi connectivity index (χ0) is 27.2.